The monoisotopic (exact) mass is 324 g/mol. The molecule has 0 spiro atoms. The van der Waals surface area contributed by atoms with Gasteiger partial charge in [-0.05, 0) is 50.4 Å². The van der Waals surface area contributed by atoms with E-state index in [1.807, 2.05) is 4.90 Å². The van der Waals surface area contributed by atoms with Gasteiger partial charge < -0.3 is 4.90 Å². The molecule has 0 bridgehead atoms. The van der Waals surface area contributed by atoms with Gasteiger partial charge in [0.1, 0.15) is 11.6 Å². The lowest BCUT2D eigenvalue weighted by molar-refractivity contribution is -0.135. The molecular formula is C18H26F2N2O. The molecule has 1 heterocycles. The van der Waals surface area contributed by atoms with E-state index in [9.17, 15) is 13.6 Å². The molecule has 1 aliphatic rings. The van der Waals surface area contributed by atoms with E-state index >= 15 is 0 Å². The molecule has 128 valence electrons. The number of likely N-dealkylation sites (N-methyl/N-ethyl adjacent to an activating group) is 1. The van der Waals surface area contributed by atoms with Crippen LogP contribution >= 0.6 is 0 Å². The summed E-state index contributed by atoms with van der Waals surface area (Å²) in [6, 6.07) is 3.07. The minimum atomic E-state index is -0.466. The average Bonchev–Trinajstić information content (AvgIpc) is 2.47. The second-order valence-corrected chi connectivity index (χ2v) is 7.00. The van der Waals surface area contributed by atoms with Crippen molar-refractivity contribution in [3.63, 3.8) is 0 Å². The van der Waals surface area contributed by atoms with E-state index in [-0.39, 0.29) is 24.1 Å². The number of amides is 1. The maximum Gasteiger partial charge on any atom is 0.236 e. The molecule has 1 aromatic rings. The molecule has 1 amide bonds. The van der Waals surface area contributed by atoms with E-state index in [0.717, 1.165) is 31.6 Å². The summed E-state index contributed by atoms with van der Waals surface area (Å²) in [5, 5.41) is 0. The lowest BCUT2D eigenvalue weighted by atomic mass is 9.92. The van der Waals surface area contributed by atoms with Gasteiger partial charge in [0.05, 0.1) is 6.54 Å². The number of hydrogen-bond acceptors (Lipinski definition) is 2. The zero-order valence-corrected chi connectivity index (χ0v) is 14.4. The molecule has 2 rings (SSSR count). The highest BCUT2D eigenvalue weighted by atomic mass is 19.1. The highest BCUT2D eigenvalue weighted by Crippen LogP contribution is 2.24. The molecule has 0 aromatic heterocycles. The summed E-state index contributed by atoms with van der Waals surface area (Å²) in [5.41, 5.74) is 0.278. The third kappa shape index (κ3) is 4.50. The van der Waals surface area contributed by atoms with Gasteiger partial charge in [-0.1, -0.05) is 13.8 Å². The third-order valence-corrected chi connectivity index (χ3v) is 4.68. The predicted molar refractivity (Wildman–Crippen MR) is 86.9 cm³/mol. The highest BCUT2D eigenvalue weighted by molar-refractivity contribution is 5.78. The maximum atomic E-state index is 13.9. The molecule has 23 heavy (non-hydrogen) atoms. The van der Waals surface area contributed by atoms with Gasteiger partial charge >= 0.3 is 0 Å². The summed E-state index contributed by atoms with van der Waals surface area (Å²) in [6.45, 7) is 7.86. The third-order valence-electron chi connectivity index (χ3n) is 4.68. The first-order valence-corrected chi connectivity index (χ1v) is 8.21. The van der Waals surface area contributed by atoms with Crippen LogP contribution in [0.5, 0.6) is 0 Å². The molecule has 1 aliphatic heterocycles. The van der Waals surface area contributed by atoms with Gasteiger partial charge in [0, 0.05) is 24.7 Å². The molecular weight excluding hydrogens is 298 g/mol. The van der Waals surface area contributed by atoms with Crippen molar-refractivity contribution in [3.05, 3.63) is 35.4 Å². The van der Waals surface area contributed by atoms with E-state index in [4.69, 9.17) is 0 Å². The lowest BCUT2D eigenvalue weighted by Crippen LogP contribution is -2.46. The Morgan fingerprint density at radius 2 is 1.91 bits per heavy atom. The van der Waals surface area contributed by atoms with Crippen molar-refractivity contribution in [2.24, 2.45) is 11.8 Å². The number of benzene rings is 1. The summed E-state index contributed by atoms with van der Waals surface area (Å²) in [5.74, 6) is 0.150. The van der Waals surface area contributed by atoms with Crippen LogP contribution in [0.25, 0.3) is 0 Å². The van der Waals surface area contributed by atoms with Gasteiger partial charge in [-0.2, -0.15) is 0 Å². The SMILES string of the molecule is CC1CC(C)CN(C(=O)CN(C)C(C)c2cc(F)ccc2F)C1. The van der Waals surface area contributed by atoms with Gasteiger partial charge in [0.2, 0.25) is 5.91 Å². The van der Waals surface area contributed by atoms with Gasteiger partial charge in [-0.15, -0.1) is 0 Å². The topological polar surface area (TPSA) is 23.6 Å². The van der Waals surface area contributed by atoms with Crippen LogP contribution in [0, 0.1) is 23.5 Å². The number of hydrogen-bond donors (Lipinski definition) is 0. The van der Waals surface area contributed by atoms with Gasteiger partial charge in [0.15, 0.2) is 0 Å². The number of nitrogens with zero attached hydrogens (tertiary/aromatic N) is 2. The molecule has 0 aliphatic carbocycles. The van der Waals surface area contributed by atoms with Gasteiger partial charge in [0.25, 0.3) is 0 Å². The number of carbonyl (C=O) groups excluding carboxylic acids is 1. The quantitative estimate of drug-likeness (QED) is 0.847. The van der Waals surface area contributed by atoms with Crippen LogP contribution in [0.4, 0.5) is 8.78 Å². The molecule has 0 N–H and O–H groups in total. The smallest absolute Gasteiger partial charge is 0.236 e. The first kappa shape index (κ1) is 17.9. The normalized spacial score (nSPS) is 23.2. The molecule has 0 radical (unpaired) electrons. The van der Waals surface area contributed by atoms with E-state index in [1.54, 1.807) is 18.9 Å². The largest absolute Gasteiger partial charge is 0.341 e. The summed E-state index contributed by atoms with van der Waals surface area (Å²) < 4.78 is 27.2. The second-order valence-electron chi connectivity index (χ2n) is 7.00. The molecule has 0 saturated carbocycles. The van der Waals surface area contributed by atoms with E-state index in [2.05, 4.69) is 13.8 Å². The fourth-order valence-corrected chi connectivity index (χ4v) is 3.39. The first-order chi connectivity index (χ1) is 10.8. The maximum absolute atomic E-state index is 13.9. The summed E-state index contributed by atoms with van der Waals surface area (Å²) in [7, 11) is 1.77. The number of piperidine rings is 1. The van der Waals surface area contributed by atoms with Crippen LogP contribution in [-0.2, 0) is 4.79 Å². The Morgan fingerprint density at radius 3 is 2.52 bits per heavy atom. The van der Waals surface area contributed by atoms with Crippen LogP contribution in [0.2, 0.25) is 0 Å². The van der Waals surface area contributed by atoms with Crippen LogP contribution in [0.3, 0.4) is 0 Å². The zero-order chi connectivity index (χ0) is 17.1. The van der Waals surface area contributed by atoms with Crippen LogP contribution in [0.1, 0.15) is 38.8 Å². The highest BCUT2D eigenvalue weighted by Gasteiger charge is 2.27. The number of likely N-dealkylation sites (tertiary alicyclic amines) is 1. The van der Waals surface area contributed by atoms with Crippen molar-refractivity contribution in [2.75, 3.05) is 26.7 Å². The Bertz CT molecular complexity index is 554. The standard InChI is InChI=1S/C18H26F2N2O/c1-12-7-13(2)10-22(9-12)18(23)11-21(4)14(3)16-8-15(19)5-6-17(16)20/h5-6,8,12-14H,7,9-11H2,1-4H3. The van der Waals surface area contributed by atoms with Crippen molar-refractivity contribution < 1.29 is 13.6 Å². The Morgan fingerprint density at radius 1 is 1.30 bits per heavy atom. The van der Waals surface area contributed by atoms with Crippen molar-refractivity contribution in [1.82, 2.24) is 9.80 Å². The number of rotatable bonds is 4. The Labute approximate surface area is 137 Å². The second kappa shape index (κ2) is 7.39. The summed E-state index contributed by atoms with van der Waals surface area (Å²) in [6.07, 6.45) is 1.14. The Hall–Kier alpha value is -1.49. The van der Waals surface area contributed by atoms with E-state index in [1.165, 1.54) is 6.07 Å². The fourth-order valence-electron chi connectivity index (χ4n) is 3.39. The molecule has 3 unspecified atom stereocenters. The van der Waals surface area contributed by atoms with E-state index < -0.39 is 11.6 Å². The molecule has 3 atom stereocenters. The van der Waals surface area contributed by atoms with Crippen molar-refractivity contribution in [3.8, 4) is 0 Å². The minimum absolute atomic E-state index is 0.0505. The number of halogens is 2. The van der Waals surface area contributed by atoms with Crippen molar-refractivity contribution in [1.29, 1.82) is 0 Å². The number of carbonyl (C=O) groups is 1. The molecule has 5 heteroatoms. The summed E-state index contributed by atoms with van der Waals surface area (Å²) in [4.78, 5) is 16.2. The zero-order valence-electron chi connectivity index (χ0n) is 14.4. The minimum Gasteiger partial charge on any atom is -0.341 e. The average molecular weight is 324 g/mol. The van der Waals surface area contributed by atoms with Crippen molar-refractivity contribution in [2.45, 2.75) is 33.2 Å². The predicted octanol–water partition coefficient (Wildman–Crippen LogP) is 3.46. The van der Waals surface area contributed by atoms with E-state index in [0.29, 0.717) is 11.8 Å². The van der Waals surface area contributed by atoms with Crippen molar-refractivity contribution >= 4 is 5.91 Å². The fraction of sp³-hybridized carbons (Fsp3) is 0.611. The first-order valence-electron chi connectivity index (χ1n) is 8.21. The van der Waals surface area contributed by atoms with Crippen LogP contribution in [0.15, 0.2) is 18.2 Å². The molecule has 3 nitrogen and oxygen atoms in total. The molecule has 1 aromatic carbocycles. The van der Waals surface area contributed by atoms with Crippen LogP contribution in [-0.4, -0.2) is 42.4 Å². The van der Waals surface area contributed by atoms with Gasteiger partial charge in [-0.3, -0.25) is 9.69 Å². The molecule has 1 fully saturated rings. The Kier molecular flexibility index (Phi) is 5.74. The summed E-state index contributed by atoms with van der Waals surface area (Å²) >= 11 is 0. The Balaban J connectivity index is 2.01. The molecule has 1 saturated heterocycles. The van der Waals surface area contributed by atoms with Crippen LogP contribution < -0.4 is 0 Å². The lowest BCUT2D eigenvalue weighted by Gasteiger charge is -2.36. The van der Waals surface area contributed by atoms with Gasteiger partial charge in [-0.25, -0.2) is 8.78 Å².